The van der Waals surface area contributed by atoms with Gasteiger partial charge in [0.25, 0.3) is 0 Å². The molecule has 0 aromatic carbocycles. The fourth-order valence-electron chi connectivity index (χ4n) is 1.32. The molecule has 1 N–H and O–H groups in total. The van der Waals surface area contributed by atoms with Crippen LogP contribution >= 0.6 is 11.6 Å². The third kappa shape index (κ3) is 3.96. The van der Waals surface area contributed by atoms with E-state index in [1.54, 1.807) is 6.92 Å². The molecule has 2 atom stereocenters. The smallest absolute Gasteiger partial charge is 0.237 e. The minimum Gasteiger partial charge on any atom is -0.376 e. The normalized spacial score (nSPS) is 25.2. The van der Waals surface area contributed by atoms with Crippen LogP contribution in [0.3, 0.4) is 0 Å². The first-order chi connectivity index (χ1) is 6.20. The molecule has 0 aliphatic carbocycles. The van der Waals surface area contributed by atoms with Gasteiger partial charge in [-0.25, -0.2) is 0 Å². The van der Waals surface area contributed by atoms with Gasteiger partial charge in [0.2, 0.25) is 5.91 Å². The summed E-state index contributed by atoms with van der Waals surface area (Å²) < 4.78 is 5.45. The fourth-order valence-corrected chi connectivity index (χ4v) is 1.40. The summed E-state index contributed by atoms with van der Waals surface area (Å²) in [5, 5.41) is 2.30. The monoisotopic (exact) mass is 205 g/mol. The van der Waals surface area contributed by atoms with Crippen LogP contribution in [0.2, 0.25) is 0 Å². The van der Waals surface area contributed by atoms with Crippen molar-refractivity contribution in [1.29, 1.82) is 0 Å². The second-order valence-corrected chi connectivity index (χ2v) is 4.00. The number of carbonyl (C=O) groups is 1. The van der Waals surface area contributed by atoms with E-state index in [0.29, 0.717) is 6.54 Å². The van der Waals surface area contributed by atoms with Crippen molar-refractivity contribution < 1.29 is 9.53 Å². The Balaban J connectivity index is 2.13. The summed E-state index contributed by atoms with van der Waals surface area (Å²) in [5.41, 5.74) is 0. The Kier molecular flexibility index (Phi) is 4.53. The second-order valence-electron chi connectivity index (χ2n) is 3.35. The molecule has 0 bridgehead atoms. The van der Waals surface area contributed by atoms with Gasteiger partial charge in [0.05, 0.1) is 6.10 Å². The Bertz CT molecular complexity index is 167. The maximum atomic E-state index is 11.1. The number of hydrogen-bond acceptors (Lipinski definition) is 2. The molecule has 4 heteroatoms. The summed E-state index contributed by atoms with van der Waals surface area (Å²) in [4.78, 5) is 11.1. The van der Waals surface area contributed by atoms with E-state index in [1.807, 2.05) is 0 Å². The number of carbonyl (C=O) groups excluding carboxylic acids is 1. The van der Waals surface area contributed by atoms with Crippen LogP contribution in [-0.4, -0.2) is 30.5 Å². The van der Waals surface area contributed by atoms with E-state index >= 15 is 0 Å². The predicted octanol–water partition coefficient (Wildman–Crippen LogP) is 1.30. The van der Waals surface area contributed by atoms with Crippen molar-refractivity contribution in [1.82, 2.24) is 5.32 Å². The molecule has 1 saturated heterocycles. The summed E-state index contributed by atoms with van der Waals surface area (Å²) in [6, 6.07) is 0. The molecule has 76 valence electrons. The lowest BCUT2D eigenvalue weighted by molar-refractivity contribution is -0.121. The molecule has 2 unspecified atom stereocenters. The molecule has 0 aromatic heterocycles. The third-order valence-corrected chi connectivity index (χ3v) is 2.34. The number of halogens is 1. The number of alkyl halides is 1. The molecule has 0 radical (unpaired) electrons. The first kappa shape index (κ1) is 10.8. The fraction of sp³-hybridized carbons (Fsp3) is 0.889. The first-order valence-corrected chi connectivity index (χ1v) is 5.17. The first-order valence-electron chi connectivity index (χ1n) is 4.73. The van der Waals surface area contributed by atoms with Crippen LogP contribution in [0.5, 0.6) is 0 Å². The third-order valence-electron chi connectivity index (χ3n) is 2.14. The summed E-state index contributed by atoms with van der Waals surface area (Å²) in [5.74, 6) is -0.115. The van der Waals surface area contributed by atoms with Crippen LogP contribution in [0.15, 0.2) is 0 Å². The molecule has 3 nitrogen and oxygen atoms in total. The standard InChI is InChI=1S/C9H16ClNO2/c1-7(10)9(12)11-6-8-4-2-3-5-13-8/h7-8H,2-6H2,1H3,(H,11,12). The number of nitrogens with one attached hydrogen (secondary N) is 1. The van der Waals surface area contributed by atoms with Gasteiger partial charge in [0.15, 0.2) is 0 Å². The zero-order valence-electron chi connectivity index (χ0n) is 7.88. The molecular formula is C9H16ClNO2. The molecule has 1 rings (SSSR count). The van der Waals surface area contributed by atoms with Crippen molar-refractivity contribution >= 4 is 17.5 Å². The SMILES string of the molecule is CC(Cl)C(=O)NCC1CCCCO1. The number of rotatable bonds is 3. The zero-order chi connectivity index (χ0) is 9.68. The van der Waals surface area contributed by atoms with Crippen molar-refractivity contribution in [2.24, 2.45) is 0 Å². The van der Waals surface area contributed by atoms with Crippen molar-refractivity contribution in [3.8, 4) is 0 Å². The van der Waals surface area contributed by atoms with Crippen molar-refractivity contribution in [3.63, 3.8) is 0 Å². The Hall–Kier alpha value is -0.280. The van der Waals surface area contributed by atoms with E-state index in [4.69, 9.17) is 16.3 Å². The van der Waals surface area contributed by atoms with Gasteiger partial charge in [-0.3, -0.25) is 4.79 Å². The lowest BCUT2D eigenvalue weighted by Crippen LogP contribution is -2.38. The molecule has 0 saturated carbocycles. The van der Waals surface area contributed by atoms with E-state index in [1.165, 1.54) is 6.42 Å². The van der Waals surface area contributed by atoms with Crippen molar-refractivity contribution in [2.45, 2.75) is 37.7 Å². The molecule has 1 aliphatic rings. The molecule has 0 aromatic rings. The molecule has 13 heavy (non-hydrogen) atoms. The zero-order valence-corrected chi connectivity index (χ0v) is 8.64. The Morgan fingerprint density at radius 1 is 1.69 bits per heavy atom. The molecule has 1 aliphatic heterocycles. The average molecular weight is 206 g/mol. The second kappa shape index (κ2) is 5.45. The Morgan fingerprint density at radius 2 is 2.46 bits per heavy atom. The minimum atomic E-state index is -0.455. The maximum Gasteiger partial charge on any atom is 0.237 e. The number of hydrogen-bond donors (Lipinski definition) is 1. The lowest BCUT2D eigenvalue weighted by Gasteiger charge is -2.22. The van der Waals surface area contributed by atoms with Gasteiger partial charge in [0.1, 0.15) is 5.38 Å². The average Bonchev–Trinajstić information content (AvgIpc) is 2.15. The highest BCUT2D eigenvalue weighted by Gasteiger charge is 2.15. The molecule has 1 amide bonds. The topological polar surface area (TPSA) is 38.3 Å². The Labute approximate surface area is 83.8 Å². The van der Waals surface area contributed by atoms with E-state index in [0.717, 1.165) is 19.4 Å². The van der Waals surface area contributed by atoms with Crippen molar-refractivity contribution in [2.75, 3.05) is 13.2 Å². The van der Waals surface area contributed by atoms with Gasteiger partial charge < -0.3 is 10.1 Å². The maximum absolute atomic E-state index is 11.1. The van der Waals surface area contributed by atoms with E-state index in [9.17, 15) is 4.79 Å². The number of amides is 1. The van der Waals surface area contributed by atoms with Gasteiger partial charge >= 0.3 is 0 Å². The molecular weight excluding hydrogens is 190 g/mol. The quantitative estimate of drug-likeness (QED) is 0.706. The lowest BCUT2D eigenvalue weighted by atomic mass is 10.1. The van der Waals surface area contributed by atoms with E-state index in [-0.39, 0.29) is 12.0 Å². The predicted molar refractivity (Wildman–Crippen MR) is 51.9 cm³/mol. The van der Waals surface area contributed by atoms with Crippen LogP contribution in [0, 0.1) is 0 Å². The van der Waals surface area contributed by atoms with Gasteiger partial charge in [-0.15, -0.1) is 11.6 Å². The van der Waals surface area contributed by atoms with E-state index in [2.05, 4.69) is 5.32 Å². The minimum absolute atomic E-state index is 0.115. The van der Waals surface area contributed by atoms with Crippen molar-refractivity contribution in [3.05, 3.63) is 0 Å². The highest BCUT2D eigenvalue weighted by molar-refractivity contribution is 6.30. The Morgan fingerprint density at radius 3 is 3.00 bits per heavy atom. The highest BCUT2D eigenvalue weighted by atomic mass is 35.5. The van der Waals surface area contributed by atoms with Gasteiger partial charge in [-0.2, -0.15) is 0 Å². The van der Waals surface area contributed by atoms with Crippen LogP contribution in [0.1, 0.15) is 26.2 Å². The van der Waals surface area contributed by atoms with Crippen LogP contribution < -0.4 is 5.32 Å². The summed E-state index contributed by atoms with van der Waals surface area (Å²) in [7, 11) is 0. The van der Waals surface area contributed by atoms with E-state index < -0.39 is 5.38 Å². The largest absolute Gasteiger partial charge is 0.376 e. The van der Waals surface area contributed by atoms with Gasteiger partial charge in [-0.1, -0.05) is 0 Å². The summed E-state index contributed by atoms with van der Waals surface area (Å²) in [6.07, 6.45) is 3.55. The molecule has 1 heterocycles. The van der Waals surface area contributed by atoms with Crippen LogP contribution in [0.4, 0.5) is 0 Å². The molecule has 0 spiro atoms. The van der Waals surface area contributed by atoms with Gasteiger partial charge in [0, 0.05) is 13.2 Å². The summed E-state index contributed by atoms with van der Waals surface area (Å²) in [6.45, 7) is 3.07. The van der Waals surface area contributed by atoms with Crippen LogP contribution in [-0.2, 0) is 9.53 Å². The summed E-state index contributed by atoms with van der Waals surface area (Å²) >= 11 is 5.59. The molecule has 1 fully saturated rings. The van der Waals surface area contributed by atoms with Crippen LogP contribution in [0.25, 0.3) is 0 Å². The highest BCUT2D eigenvalue weighted by Crippen LogP contribution is 2.11. The number of ether oxygens (including phenoxy) is 1. The van der Waals surface area contributed by atoms with Gasteiger partial charge in [-0.05, 0) is 26.2 Å².